The van der Waals surface area contributed by atoms with Crippen LogP contribution >= 0.6 is 0 Å². The molecule has 2 N–H and O–H groups in total. The van der Waals surface area contributed by atoms with Gasteiger partial charge in [-0.15, -0.1) is 0 Å². The first-order chi connectivity index (χ1) is 11.7. The second-order valence-corrected chi connectivity index (χ2v) is 7.29. The molecule has 0 heterocycles. The zero-order valence-corrected chi connectivity index (χ0v) is 15.1. The molecule has 6 nitrogen and oxygen atoms in total. The van der Waals surface area contributed by atoms with Gasteiger partial charge in [-0.3, -0.25) is 9.59 Å². The molecule has 2 amide bonds. The SMILES string of the molecule is CCC(=O)Nc1ccc(S(=O)(=O)NC(=O)c2cccc(C)c2C)cc1. The Morgan fingerprint density at radius 3 is 2.24 bits per heavy atom. The van der Waals surface area contributed by atoms with Crippen molar-refractivity contribution in [3.8, 4) is 0 Å². The van der Waals surface area contributed by atoms with E-state index >= 15 is 0 Å². The minimum Gasteiger partial charge on any atom is -0.326 e. The van der Waals surface area contributed by atoms with Crippen molar-refractivity contribution < 1.29 is 18.0 Å². The number of aryl methyl sites for hydroxylation is 1. The van der Waals surface area contributed by atoms with E-state index in [1.807, 2.05) is 13.0 Å². The highest BCUT2D eigenvalue weighted by atomic mass is 32.2. The maximum Gasteiger partial charge on any atom is 0.265 e. The third-order valence-corrected chi connectivity index (χ3v) is 5.19. The molecule has 0 unspecified atom stereocenters. The smallest absolute Gasteiger partial charge is 0.265 e. The highest BCUT2D eigenvalue weighted by Crippen LogP contribution is 2.16. The van der Waals surface area contributed by atoms with E-state index in [-0.39, 0.29) is 10.8 Å². The van der Waals surface area contributed by atoms with Gasteiger partial charge in [-0.25, -0.2) is 13.1 Å². The van der Waals surface area contributed by atoms with Crippen molar-refractivity contribution in [2.45, 2.75) is 32.1 Å². The van der Waals surface area contributed by atoms with Crippen LogP contribution in [0.1, 0.15) is 34.8 Å². The summed E-state index contributed by atoms with van der Waals surface area (Å²) in [5.41, 5.74) is 2.44. The first-order valence-electron chi connectivity index (χ1n) is 7.78. The molecular formula is C18H20N2O4S. The molecule has 2 rings (SSSR count). The van der Waals surface area contributed by atoms with E-state index in [1.165, 1.54) is 24.3 Å². The van der Waals surface area contributed by atoms with Crippen molar-refractivity contribution in [2.75, 3.05) is 5.32 Å². The molecule has 0 saturated heterocycles. The van der Waals surface area contributed by atoms with Gasteiger partial charge in [-0.2, -0.15) is 0 Å². The van der Waals surface area contributed by atoms with E-state index in [2.05, 4.69) is 10.0 Å². The van der Waals surface area contributed by atoms with Gasteiger partial charge in [0.05, 0.1) is 4.90 Å². The minimum absolute atomic E-state index is 0.0550. The monoisotopic (exact) mass is 360 g/mol. The van der Waals surface area contributed by atoms with Crippen molar-refractivity contribution in [1.82, 2.24) is 4.72 Å². The number of benzene rings is 2. The predicted molar refractivity (Wildman–Crippen MR) is 95.9 cm³/mol. The molecular weight excluding hydrogens is 340 g/mol. The lowest BCUT2D eigenvalue weighted by Gasteiger charge is -2.11. The van der Waals surface area contributed by atoms with Crippen LogP contribution in [0.15, 0.2) is 47.4 Å². The summed E-state index contributed by atoms with van der Waals surface area (Å²) in [6, 6.07) is 10.8. The Labute approximate surface area is 147 Å². The molecule has 2 aromatic carbocycles. The second kappa shape index (κ2) is 7.48. The minimum atomic E-state index is -4.00. The molecule has 0 aliphatic heterocycles. The van der Waals surface area contributed by atoms with Crippen molar-refractivity contribution in [3.05, 3.63) is 59.2 Å². The molecule has 0 radical (unpaired) electrons. The Morgan fingerprint density at radius 2 is 1.64 bits per heavy atom. The van der Waals surface area contributed by atoms with Crippen LogP contribution < -0.4 is 10.0 Å². The maximum atomic E-state index is 12.4. The average molecular weight is 360 g/mol. The van der Waals surface area contributed by atoms with Crippen LogP contribution in [0.25, 0.3) is 0 Å². The average Bonchev–Trinajstić information content (AvgIpc) is 2.57. The number of amides is 2. The van der Waals surface area contributed by atoms with Gasteiger partial charge in [-0.1, -0.05) is 19.1 Å². The molecule has 0 bridgehead atoms. The molecule has 0 aliphatic carbocycles. The van der Waals surface area contributed by atoms with Gasteiger partial charge >= 0.3 is 0 Å². The van der Waals surface area contributed by atoms with Crippen molar-refractivity contribution in [3.63, 3.8) is 0 Å². The van der Waals surface area contributed by atoms with Crippen molar-refractivity contribution >= 4 is 27.5 Å². The van der Waals surface area contributed by atoms with E-state index < -0.39 is 15.9 Å². The molecule has 132 valence electrons. The molecule has 25 heavy (non-hydrogen) atoms. The number of carbonyl (C=O) groups excluding carboxylic acids is 2. The Hall–Kier alpha value is -2.67. The summed E-state index contributed by atoms with van der Waals surface area (Å²) in [7, 11) is -4.00. The van der Waals surface area contributed by atoms with E-state index in [1.54, 1.807) is 26.0 Å². The van der Waals surface area contributed by atoms with E-state index in [0.29, 0.717) is 17.7 Å². The Morgan fingerprint density at radius 1 is 1.00 bits per heavy atom. The highest BCUT2D eigenvalue weighted by Gasteiger charge is 2.20. The summed E-state index contributed by atoms with van der Waals surface area (Å²) in [6.45, 7) is 5.34. The fourth-order valence-electron chi connectivity index (χ4n) is 2.20. The summed E-state index contributed by atoms with van der Waals surface area (Å²) in [6.07, 6.45) is 0.325. The summed E-state index contributed by atoms with van der Waals surface area (Å²) >= 11 is 0. The fourth-order valence-corrected chi connectivity index (χ4v) is 3.17. The summed E-state index contributed by atoms with van der Waals surface area (Å²) < 4.78 is 26.8. The first-order valence-corrected chi connectivity index (χ1v) is 9.26. The normalized spacial score (nSPS) is 11.0. The Balaban J connectivity index is 2.20. The number of rotatable bonds is 5. The lowest BCUT2D eigenvalue weighted by molar-refractivity contribution is -0.115. The number of sulfonamides is 1. The zero-order valence-electron chi connectivity index (χ0n) is 14.3. The lowest BCUT2D eigenvalue weighted by atomic mass is 10.0. The topological polar surface area (TPSA) is 92.3 Å². The number of hydrogen-bond acceptors (Lipinski definition) is 4. The molecule has 7 heteroatoms. The van der Waals surface area contributed by atoms with Crippen molar-refractivity contribution in [1.29, 1.82) is 0 Å². The number of hydrogen-bond donors (Lipinski definition) is 2. The number of nitrogens with one attached hydrogen (secondary N) is 2. The summed E-state index contributed by atoms with van der Waals surface area (Å²) in [5.74, 6) is -0.844. The van der Waals surface area contributed by atoms with E-state index in [4.69, 9.17) is 0 Å². The van der Waals surface area contributed by atoms with Gasteiger partial charge in [-0.05, 0) is 55.3 Å². The highest BCUT2D eigenvalue weighted by molar-refractivity contribution is 7.90. The first kappa shape index (κ1) is 18.7. The van der Waals surface area contributed by atoms with Crippen LogP contribution in [0.2, 0.25) is 0 Å². The molecule has 2 aromatic rings. The van der Waals surface area contributed by atoms with E-state index in [9.17, 15) is 18.0 Å². The molecule has 0 aliphatic rings. The van der Waals surface area contributed by atoms with Gasteiger partial charge in [0, 0.05) is 17.7 Å². The molecule has 0 atom stereocenters. The number of anilines is 1. The second-order valence-electron chi connectivity index (χ2n) is 5.61. The van der Waals surface area contributed by atoms with Crippen LogP contribution in [-0.2, 0) is 14.8 Å². The van der Waals surface area contributed by atoms with Crippen LogP contribution in [0.3, 0.4) is 0 Å². The van der Waals surface area contributed by atoms with Gasteiger partial charge in [0.15, 0.2) is 0 Å². The summed E-state index contributed by atoms with van der Waals surface area (Å²) in [5, 5.41) is 2.63. The van der Waals surface area contributed by atoms with Gasteiger partial charge in [0.2, 0.25) is 5.91 Å². The summed E-state index contributed by atoms with van der Waals surface area (Å²) in [4.78, 5) is 23.6. The molecule has 0 fully saturated rings. The predicted octanol–water partition coefficient (Wildman–Crippen LogP) is 2.77. The van der Waals surface area contributed by atoms with E-state index in [0.717, 1.165) is 11.1 Å². The third kappa shape index (κ3) is 4.45. The van der Waals surface area contributed by atoms with Crippen LogP contribution in [0.5, 0.6) is 0 Å². The standard InChI is InChI=1S/C18H20N2O4S/c1-4-17(21)19-14-8-10-15(11-9-14)25(23,24)20-18(22)16-7-5-6-12(2)13(16)3/h5-11H,4H2,1-3H3,(H,19,21)(H,20,22). The molecule has 0 aromatic heterocycles. The van der Waals surface area contributed by atoms with Crippen LogP contribution in [0.4, 0.5) is 5.69 Å². The quantitative estimate of drug-likeness (QED) is 0.857. The zero-order chi connectivity index (χ0) is 18.6. The number of carbonyl (C=O) groups is 2. The largest absolute Gasteiger partial charge is 0.326 e. The van der Waals surface area contributed by atoms with Gasteiger partial charge < -0.3 is 5.32 Å². The fraction of sp³-hybridized carbons (Fsp3) is 0.222. The lowest BCUT2D eigenvalue weighted by Crippen LogP contribution is -2.31. The molecule has 0 spiro atoms. The van der Waals surface area contributed by atoms with Crippen LogP contribution in [0, 0.1) is 13.8 Å². The van der Waals surface area contributed by atoms with Gasteiger partial charge in [0.25, 0.3) is 15.9 Å². The van der Waals surface area contributed by atoms with Crippen molar-refractivity contribution in [2.24, 2.45) is 0 Å². The molecule has 0 saturated carbocycles. The van der Waals surface area contributed by atoms with Crippen LogP contribution in [-0.4, -0.2) is 20.2 Å². The van der Waals surface area contributed by atoms with Gasteiger partial charge in [0.1, 0.15) is 0 Å². The Bertz CT molecular complexity index is 903. The third-order valence-electron chi connectivity index (χ3n) is 3.85. The Kier molecular flexibility index (Phi) is 5.58. The maximum absolute atomic E-state index is 12.4.